The van der Waals surface area contributed by atoms with Gasteiger partial charge in [-0.1, -0.05) is 52.4 Å². The molecule has 0 saturated carbocycles. The maximum atomic E-state index is 12.2. The Kier molecular flexibility index (Phi) is 9.86. The van der Waals surface area contributed by atoms with Gasteiger partial charge in [0, 0.05) is 0 Å². The smallest absolute Gasteiger partial charge is 0.407 e. The molecule has 5 heteroatoms. The zero-order chi connectivity index (χ0) is 15.4. The lowest BCUT2D eigenvalue weighted by Crippen LogP contribution is -2.34. The van der Waals surface area contributed by atoms with E-state index in [0.29, 0.717) is 0 Å². The van der Waals surface area contributed by atoms with Crippen LogP contribution in [0.25, 0.3) is 0 Å². The lowest BCUT2D eigenvalue weighted by Gasteiger charge is -2.27. The van der Waals surface area contributed by atoms with E-state index >= 15 is 0 Å². The van der Waals surface area contributed by atoms with E-state index in [-0.39, 0.29) is 12.7 Å². The largest absolute Gasteiger partial charge is 0.465 e. The monoisotopic (exact) mass is 287 g/mol. The van der Waals surface area contributed by atoms with Crippen molar-refractivity contribution in [3.05, 3.63) is 0 Å². The molecule has 0 aromatic heterocycles. The Morgan fingerprint density at radius 2 is 1.65 bits per heavy atom. The Balaban J connectivity index is 4.33. The second-order valence-corrected chi connectivity index (χ2v) is 5.53. The predicted octanol–water partition coefficient (Wildman–Crippen LogP) is 3.92. The van der Waals surface area contributed by atoms with E-state index < -0.39 is 11.5 Å². The standard InChI is InChI=1S/C15H29NO4/c1-4-6-8-9-11-15(3,10-7-5-2)13(17)20-12-16-14(18)19/h16H,4-12H2,1-3H3,(H,18,19). The molecule has 0 heterocycles. The predicted molar refractivity (Wildman–Crippen MR) is 78.5 cm³/mol. The van der Waals surface area contributed by atoms with Crippen molar-refractivity contribution < 1.29 is 19.4 Å². The number of carboxylic acid groups (broad SMARTS) is 1. The van der Waals surface area contributed by atoms with Crippen molar-refractivity contribution in [2.75, 3.05) is 6.73 Å². The highest BCUT2D eigenvalue weighted by Gasteiger charge is 2.33. The van der Waals surface area contributed by atoms with E-state index in [9.17, 15) is 9.59 Å². The van der Waals surface area contributed by atoms with Gasteiger partial charge < -0.3 is 9.84 Å². The van der Waals surface area contributed by atoms with Crippen LogP contribution in [0, 0.1) is 5.41 Å². The highest BCUT2D eigenvalue weighted by molar-refractivity contribution is 5.76. The minimum absolute atomic E-state index is 0.273. The van der Waals surface area contributed by atoms with Crippen LogP contribution in [0.2, 0.25) is 0 Å². The molecule has 118 valence electrons. The Morgan fingerprint density at radius 3 is 2.20 bits per heavy atom. The van der Waals surface area contributed by atoms with Crippen molar-refractivity contribution in [3.63, 3.8) is 0 Å². The third-order valence-electron chi connectivity index (χ3n) is 3.58. The molecule has 0 aliphatic rings. The molecule has 1 unspecified atom stereocenters. The van der Waals surface area contributed by atoms with Crippen LogP contribution in [-0.4, -0.2) is 23.9 Å². The minimum Gasteiger partial charge on any atom is -0.465 e. The number of hydrogen-bond donors (Lipinski definition) is 2. The summed E-state index contributed by atoms with van der Waals surface area (Å²) in [4.78, 5) is 22.5. The van der Waals surface area contributed by atoms with Gasteiger partial charge in [0.25, 0.3) is 0 Å². The average Bonchev–Trinajstić information content (AvgIpc) is 2.41. The molecule has 5 nitrogen and oxygen atoms in total. The number of esters is 1. The van der Waals surface area contributed by atoms with Crippen LogP contribution in [-0.2, 0) is 9.53 Å². The van der Waals surface area contributed by atoms with Crippen LogP contribution in [0.5, 0.6) is 0 Å². The SMILES string of the molecule is CCCCCCC(C)(CCCC)C(=O)OCNC(=O)O. The third-order valence-corrected chi connectivity index (χ3v) is 3.58. The molecule has 2 N–H and O–H groups in total. The summed E-state index contributed by atoms with van der Waals surface area (Å²) < 4.78 is 5.04. The molecule has 0 aliphatic carbocycles. The van der Waals surface area contributed by atoms with E-state index in [4.69, 9.17) is 9.84 Å². The molecule has 0 rings (SSSR count). The zero-order valence-corrected chi connectivity index (χ0v) is 13.0. The normalized spacial score (nSPS) is 13.6. The molecule has 0 radical (unpaired) electrons. The number of rotatable bonds is 11. The number of amides is 1. The van der Waals surface area contributed by atoms with Crippen LogP contribution in [0.1, 0.15) is 72.1 Å². The Hall–Kier alpha value is -1.26. The van der Waals surface area contributed by atoms with Crippen molar-refractivity contribution in [3.8, 4) is 0 Å². The lowest BCUT2D eigenvalue weighted by atomic mass is 9.80. The Bertz CT molecular complexity index is 294. The summed E-state index contributed by atoms with van der Waals surface area (Å²) in [5, 5.41) is 10.5. The second-order valence-electron chi connectivity index (χ2n) is 5.53. The molecule has 0 aromatic carbocycles. The maximum absolute atomic E-state index is 12.2. The Morgan fingerprint density at radius 1 is 1.05 bits per heavy atom. The van der Waals surface area contributed by atoms with Gasteiger partial charge in [-0.15, -0.1) is 0 Å². The molecule has 0 saturated heterocycles. The first-order valence-corrected chi connectivity index (χ1v) is 7.60. The van der Waals surface area contributed by atoms with Gasteiger partial charge in [-0.3, -0.25) is 10.1 Å². The van der Waals surface area contributed by atoms with E-state index in [0.717, 1.165) is 38.5 Å². The van der Waals surface area contributed by atoms with E-state index in [2.05, 4.69) is 19.2 Å². The molecule has 1 amide bonds. The van der Waals surface area contributed by atoms with Crippen molar-refractivity contribution in [2.24, 2.45) is 5.41 Å². The molecular weight excluding hydrogens is 258 g/mol. The van der Waals surface area contributed by atoms with Crippen molar-refractivity contribution in [1.82, 2.24) is 5.32 Å². The fraction of sp³-hybridized carbons (Fsp3) is 0.867. The molecule has 0 spiro atoms. The first kappa shape index (κ1) is 18.7. The topological polar surface area (TPSA) is 75.6 Å². The number of nitrogens with one attached hydrogen (secondary N) is 1. The van der Waals surface area contributed by atoms with Crippen LogP contribution < -0.4 is 5.32 Å². The number of unbranched alkanes of at least 4 members (excludes halogenated alkanes) is 4. The van der Waals surface area contributed by atoms with Gasteiger partial charge >= 0.3 is 12.1 Å². The summed E-state index contributed by atoms with van der Waals surface area (Å²) in [5.41, 5.74) is -0.496. The fourth-order valence-corrected chi connectivity index (χ4v) is 2.18. The first-order chi connectivity index (χ1) is 9.46. The summed E-state index contributed by atoms with van der Waals surface area (Å²) in [5.74, 6) is -0.295. The first-order valence-electron chi connectivity index (χ1n) is 7.60. The summed E-state index contributed by atoms with van der Waals surface area (Å²) in [6.45, 7) is 5.90. The van der Waals surface area contributed by atoms with Gasteiger partial charge in [-0.25, -0.2) is 4.79 Å². The van der Waals surface area contributed by atoms with Crippen LogP contribution in [0.3, 0.4) is 0 Å². The van der Waals surface area contributed by atoms with Crippen LogP contribution >= 0.6 is 0 Å². The number of carbonyl (C=O) groups is 2. The quantitative estimate of drug-likeness (QED) is 0.343. The highest BCUT2D eigenvalue weighted by Crippen LogP contribution is 2.32. The lowest BCUT2D eigenvalue weighted by molar-refractivity contribution is -0.156. The van der Waals surface area contributed by atoms with Crippen molar-refractivity contribution in [2.45, 2.75) is 72.1 Å². The molecule has 0 fully saturated rings. The molecule has 0 aliphatic heterocycles. The van der Waals surface area contributed by atoms with E-state index in [1.54, 1.807) is 0 Å². The van der Waals surface area contributed by atoms with Gasteiger partial charge in [0.1, 0.15) is 0 Å². The molecule has 0 aromatic rings. The minimum atomic E-state index is -1.18. The summed E-state index contributed by atoms with van der Waals surface area (Å²) in [6.07, 6.45) is 6.90. The molecule has 0 bridgehead atoms. The number of ether oxygens (including phenoxy) is 1. The fourth-order valence-electron chi connectivity index (χ4n) is 2.18. The second kappa shape index (κ2) is 10.5. The van der Waals surface area contributed by atoms with Gasteiger partial charge in [0.15, 0.2) is 6.73 Å². The third kappa shape index (κ3) is 8.02. The number of carbonyl (C=O) groups excluding carboxylic acids is 1. The van der Waals surface area contributed by atoms with Crippen molar-refractivity contribution in [1.29, 1.82) is 0 Å². The summed E-state index contributed by atoms with van der Waals surface area (Å²) in [6, 6.07) is 0. The van der Waals surface area contributed by atoms with Gasteiger partial charge in [-0.2, -0.15) is 0 Å². The molecule has 1 atom stereocenters. The van der Waals surface area contributed by atoms with Crippen LogP contribution in [0.4, 0.5) is 4.79 Å². The maximum Gasteiger partial charge on any atom is 0.407 e. The Labute approximate surface area is 122 Å². The highest BCUT2D eigenvalue weighted by atomic mass is 16.5. The number of hydrogen-bond acceptors (Lipinski definition) is 3. The van der Waals surface area contributed by atoms with Crippen molar-refractivity contribution >= 4 is 12.1 Å². The van der Waals surface area contributed by atoms with E-state index in [1.165, 1.54) is 12.8 Å². The zero-order valence-electron chi connectivity index (χ0n) is 13.0. The van der Waals surface area contributed by atoms with Gasteiger partial charge in [0.2, 0.25) is 0 Å². The van der Waals surface area contributed by atoms with Gasteiger partial charge in [-0.05, 0) is 19.8 Å². The van der Waals surface area contributed by atoms with Crippen LogP contribution in [0.15, 0.2) is 0 Å². The summed E-state index contributed by atoms with van der Waals surface area (Å²) in [7, 11) is 0. The average molecular weight is 287 g/mol. The summed E-state index contributed by atoms with van der Waals surface area (Å²) >= 11 is 0. The molecule has 20 heavy (non-hydrogen) atoms. The van der Waals surface area contributed by atoms with Gasteiger partial charge in [0.05, 0.1) is 5.41 Å². The molecular formula is C15H29NO4. The van der Waals surface area contributed by atoms with E-state index in [1.807, 2.05) is 6.92 Å².